The molecule has 0 aliphatic heterocycles. The van der Waals surface area contributed by atoms with Crippen molar-refractivity contribution in [2.75, 3.05) is 12.3 Å². The van der Waals surface area contributed by atoms with Crippen LogP contribution in [0.15, 0.2) is 36.4 Å². The number of nitrogens with two attached hydrogens (primary N) is 1. The van der Waals surface area contributed by atoms with Crippen molar-refractivity contribution in [1.29, 1.82) is 0 Å². The molecule has 15 heavy (non-hydrogen) atoms. The molecule has 0 aliphatic carbocycles. The molecule has 3 N–H and O–H groups in total. The maximum atomic E-state index is 11.6. The van der Waals surface area contributed by atoms with Gasteiger partial charge in [0.25, 0.3) is 5.91 Å². The smallest absolute Gasteiger partial charge is 0.251 e. The normalized spacial score (nSPS) is 10.5. The zero-order chi connectivity index (χ0) is 11.1. The third kappa shape index (κ3) is 3.85. The van der Waals surface area contributed by atoms with E-state index in [1.54, 1.807) is 24.3 Å². The van der Waals surface area contributed by atoms with Crippen molar-refractivity contribution in [3.8, 4) is 0 Å². The lowest BCUT2D eigenvalue weighted by molar-refractivity contribution is 0.0954. The number of amides is 1. The van der Waals surface area contributed by atoms with Crippen LogP contribution in [0.4, 0.5) is 5.69 Å². The van der Waals surface area contributed by atoms with Crippen LogP contribution in [0.25, 0.3) is 0 Å². The molecule has 0 radical (unpaired) electrons. The Hall–Kier alpha value is -1.77. The number of allylic oxidation sites excluding steroid dienone is 1. The van der Waals surface area contributed by atoms with E-state index in [1.165, 1.54) is 0 Å². The fraction of sp³-hybridized carbons (Fsp3) is 0.250. The number of rotatable bonds is 4. The van der Waals surface area contributed by atoms with Gasteiger partial charge in [0.2, 0.25) is 0 Å². The Kier molecular flexibility index (Phi) is 4.41. The molecule has 0 unspecified atom stereocenters. The lowest BCUT2D eigenvalue weighted by Gasteiger charge is -2.03. The van der Waals surface area contributed by atoms with Gasteiger partial charge < -0.3 is 11.1 Å². The summed E-state index contributed by atoms with van der Waals surface area (Å²) >= 11 is 0. The van der Waals surface area contributed by atoms with Crippen molar-refractivity contribution in [2.45, 2.75) is 13.3 Å². The molecule has 0 aromatic heterocycles. The van der Waals surface area contributed by atoms with Crippen molar-refractivity contribution in [1.82, 2.24) is 5.32 Å². The highest BCUT2D eigenvalue weighted by Crippen LogP contribution is 2.05. The first-order chi connectivity index (χ1) is 7.24. The van der Waals surface area contributed by atoms with Crippen LogP contribution >= 0.6 is 0 Å². The predicted molar refractivity (Wildman–Crippen MR) is 62.6 cm³/mol. The summed E-state index contributed by atoms with van der Waals surface area (Å²) in [6.45, 7) is 2.61. The lowest BCUT2D eigenvalue weighted by Crippen LogP contribution is -2.24. The average molecular weight is 204 g/mol. The molecule has 80 valence electrons. The second kappa shape index (κ2) is 5.86. The summed E-state index contributed by atoms with van der Waals surface area (Å²) in [5, 5.41) is 2.82. The van der Waals surface area contributed by atoms with Crippen molar-refractivity contribution < 1.29 is 4.79 Å². The Bertz CT molecular complexity index is 358. The summed E-state index contributed by atoms with van der Waals surface area (Å²) in [5.41, 5.74) is 6.80. The number of nitrogens with one attached hydrogen (secondary N) is 1. The van der Waals surface area contributed by atoms with Gasteiger partial charge >= 0.3 is 0 Å². The Balaban J connectivity index is 2.47. The Labute approximate surface area is 90.0 Å². The van der Waals surface area contributed by atoms with Crippen LogP contribution in [0.3, 0.4) is 0 Å². The van der Waals surface area contributed by atoms with Gasteiger partial charge in [-0.25, -0.2) is 0 Å². The van der Waals surface area contributed by atoms with Crippen LogP contribution in [0.2, 0.25) is 0 Å². The van der Waals surface area contributed by atoms with E-state index in [9.17, 15) is 4.79 Å². The van der Waals surface area contributed by atoms with Crippen LogP contribution in [-0.2, 0) is 0 Å². The summed E-state index contributed by atoms with van der Waals surface area (Å²) in [4.78, 5) is 11.6. The topological polar surface area (TPSA) is 55.1 Å². The fourth-order valence-corrected chi connectivity index (χ4v) is 1.22. The Morgan fingerprint density at radius 3 is 3.00 bits per heavy atom. The van der Waals surface area contributed by atoms with E-state index >= 15 is 0 Å². The van der Waals surface area contributed by atoms with Crippen LogP contribution in [0, 0.1) is 0 Å². The van der Waals surface area contributed by atoms with Gasteiger partial charge in [-0.3, -0.25) is 4.79 Å². The number of nitrogen functional groups attached to an aromatic ring is 1. The molecule has 0 aliphatic rings. The van der Waals surface area contributed by atoms with Gasteiger partial charge in [0.05, 0.1) is 0 Å². The molecule has 0 saturated carbocycles. The van der Waals surface area contributed by atoms with Gasteiger partial charge in [-0.05, 0) is 31.5 Å². The van der Waals surface area contributed by atoms with Crippen molar-refractivity contribution in [3.63, 3.8) is 0 Å². The molecule has 0 bridgehead atoms. The van der Waals surface area contributed by atoms with Gasteiger partial charge in [0, 0.05) is 17.8 Å². The van der Waals surface area contributed by atoms with Crippen molar-refractivity contribution >= 4 is 11.6 Å². The molecule has 1 rings (SSSR count). The first-order valence-electron chi connectivity index (χ1n) is 4.99. The predicted octanol–water partition coefficient (Wildman–Crippen LogP) is 1.96. The number of benzene rings is 1. The zero-order valence-electron chi connectivity index (χ0n) is 8.86. The minimum Gasteiger partial charge on any atom is -0.399 e. The van der Waals surface area contributed by atoms with E-state index in [2.05, 4.69) is 5.32 Å². The second-order valence-electron chi connectivity index (χ2n) is 3.24. The quantitative estimate of drug-likeness (QED) is 0.447. The molecule has 1 aromatic carbocycles. The summed E-state index contributed by atoms with van der Waals surface area (Å²) in [6, 6.07) is 6.96. The van der Waals surface area contributed by atoms with E-state index in [1.807, 2.05) is 19.1 Å². The third-order valence-corrected chi connectivity index (χ3v) is 1.98. The molecule has 0 heterocycles. The highest BCUT2D eigenvalue weighted by molar-refractivity contribution is 5.94. The summed E-state index contributed by atoms with van der Waals surface area (Å²) < 4.78 is 0. The van der Waals surface area contributed by atoms with Gasteiger partial charge in [-0.15, -0.1) is 0 Å². The lowest BCUT2D eigenvalue weighted by atomic mass is 10.2. The zero-order valence-corrected chi connectivity index (χ0v) is 8.86. The first kappa shape index (κ1) is 11.3. The number of carbonyl (C=O) groups excluding carboxylic acids is 1. The van der Waals surface area contributed by atoms with Crippen molar-refractivity contribution in [3.05, 3.63) is 42.0 Å². The number of hydrogen-bond donors (Lipinski definition) is 2. The SMILES string of the molecule is C/C=C/CCNC(=O)c1cccc(N)c1. The van der Waals surface area contributed by atoms with E-state index in [4.69, 9.17) is 5.73 Å². The standard InChI is InChI=1S/C12H16N2O/c1-2-3-4-8-14-12(15)10-6-5-7-11(13)9-10/h2-3,5-7,9H,4,8,13H2,1H3,(H,14,15)/b3-2+. The monoisotopic (exact) mass is 204 g/mol. The number of carbonyl (C=O) groups is 1. The number of anilines is 1. The fourth-order valence-electron chi connectivity index (χ4n) is 1.22. The van der Waals surface area contributed by atoms with E-state index in [-0.39, 0.29) is 5.91 Å². The van der Waals surface area contributed by atoms with Gasteiger partial charge in [-0.2, -0.15) is 0 Å². The van der Waals surface area contributed by atoms with Crippen molar-refractivity contribution in [2.24, 2.45) is 0 Å². The maximum absolute atomic E-state index is 11.6. The first-order valence-corrected chi connectivity index (χ1v) is 4.99. The molecular formula is C12H16N2O. The van der Waals surface area contributed by atoms with Crippen LogP contribution in [0.1, 0.15) is 23.7 Å². The minimum absolute atomic E-state index is 0.0770. The third-order valence-electron chi connectivity index (χ3n) is 1.98. The number of hydrogen-bond acceptors (Lipinski definition) is 2. The van der Waals surface area contributed by atoms with Gasteiger partial charge in [-0.1, -0.05) is 18.2 Å². The Morgan fingerprint density at radius 2 is 2.33 bits per heavy atom. The molecule has 0 saturated heterocycles. The van der Waals surface area contributed by atoms with Crippen LogP contribution < -0.4 is 11.1 Å². The highest BCUT2D eigenvalue weighted by Gasteiger charge is 2.03. The molecule has 0 fully saturated rings. The molecule has 0 spiro atoms. The molecule has 1 amide bonds. The summed E-state index contributed by atoms with van der Waals surface area (Å²) in [7, 11) is 0. The largest absolute Gasteiger partial charge is 0.399 e. The van der Waals surface area contributed by atoms with Crippen LogP contribution in [-0.4, -0.2) is 12.5 Å². The molecule has 0 atom stereocenters. The molecule has 3 nitrogen and oxygen atoms in total. The second-order valence-corrected chi connectivity index (χ2v) is 3.24. The molecule has 1 aromatic rings. The Morgan fingerprint density at radius 1 is 1.53 bits per heavy atom. The maximum Gasteiger partial charge on any atom is 0.251 e. The molecular weight excluding hydrogens is 188 g/mol. The average Bonchev–Trinajstić information content (AvgIpc) is 2.24. The van der Waals surface area contributed by atoms with Gasteiger partial charge in [0.1, 0.15) is 0 Å². The summed E-state index contributed by atoms with van der Waals surface area (Å²) in [5.74, 6) is -0.0770. The highest BCUT2D eigenvalue weighted by atomic mass is 16.1. The van der Waals surface area contributed by atoms with E-state index in [0.717, 1.165) is 6.42 Å². The van der Waals surface area contributed by atoms with E-state index < -0.39 is 0 Å². The minimum atomic E-state index is -0.0770. The summed E-state index contributed by atoms with van der Waals surface area (Å²) in [6.07, 6.45) is 4.83. The van der Waals surface area contributed by atoms with Crippen LogP contribution in [0.5, 0.6) is 0 Å². The van der Waals surface area contributed by atoms with E-state index in [0.29, 0.717) is 17.8 Å². The molecule has 3 heteroatoms. The van der Waals surface area contributed by atoms with Gasteiger partial charge in [0.15, 0.2) is 0 Å².